The Hall–Kier alpha value is -1.75. The van der Waals surface area contributed by atoms with Crippen LogP contribution in [0.5, 0.6) is 0 Å². The van der Waals surface area contributed by atoms with E-state index in [2.05, 4.69) is 4.98 Å². The zero-order valence-electron chi connectivity index (χ0n) is 9.68. The third kappa shape index (κ3) is 1.72. The summed E-state index contributed by atoms with van der Waals surface area (Å²) in [6.45, 7) is 3.11. The average molecular weight is 233 g/mol. The first-order valence-corrected chi connectivity index (χ1v) is 5.67. The number of anilines is 2. The number of fused-ring (bicyclic) bond motifs is 1. The summed E-state index contributed by atoms with van der Waals surface area (Å²) in [5, 5.41) is 9.92. The first-order chi connectivity index (χ1) is 8.05. The molecule has 1 aromatic heterocycles. The first-order valence-electron chi connectivity index (χ1n) is 5.67. The van der Waals surface area contributed by atoms with Gasteiger partial charge >= 0.3 is 0 Å². The molecule has 3 rings (SSSR count). The minimum atomic E-state index is -0.661. The summed E-state index contributed by atoms with van der Waals surface area (Å²) in [6.07, 6.45) is 0.723. The number of benzene rings is 1. The van der Waals surface area contributed by atoms with Crippen molar-refractivity contribution in [2.24, 2.45) is 0 Å². The molecule has 0 radical (unpaired) electrons. The molecule has 17 heavy (non-hydrogen) atoms. The second-order valence-electron chi connectivity index (χ2n) is 4.86. The minimum Gasteiger partial charge on any atom is -0.423 e. The highest BCUT2D eigenvalue weighted by Gasteiger charge is 2.33. The largest absolute Gasteiger partial charge is 0.423 e. The number of β-amino-alcohol motifs (C(OH)–C–C–N with tert-alkyl or cyclic N) is 1. The molecular formula is C12H15N3O2. The van der Waals surface area contributed by atoms with Crippen molar-refractivity contribution in [3.63, 3.8) is 0 Å². The highest BCUT2D eigenvalue weighted by Crippen LogP contribution is 2.30. The van der Waals surface area contributed by atoms with E-state index in [1.54, 1.807) is 6.07 Å². The van der Waals surface area contributed by atoms with Crippen molar-refractivity contribution in [1.82, 2.24) is 4.98 Å². The van der Waals surface area contributed by atoms with Crippen LogP contribution in [0.3, 0.4) is 0 Å². The maximum Gasteiger partial charge on any atom is 0.298 e. The van der Waals surface area contributed by atoms with Gasteiger partial charge in [0.15, 0.2) is 5.58 Å². The van der Waals surface area contributed by atoms with E-state index in [-0.39, 0.29) is 0 Å². The molecule has 1 saturated heterocycles. The van der Waals surface area contributed by atoms with Crippen molar-refractivity contribution in [2.45, 2.75) is 18.9 Å². The van der Waals surface area contributed by atoms with Gasteiger partial charge in [0.05, 0.1) is 17.8 Å². The second-order valence-corrected chi connectivity index (χ2v) is 4.86. The third-order valence-corrected chi connectivity index (χ3v) is 3.16. The molecule has 5 nitrogen and oxygen atoms in total. The second kappa shape index (κ2) is 3.37. The summed E-state index contributed by atoms with van der Waals surface area (Å²) in [5.74, 6) is 0. The van der Waals surface area contributed by atoms with Crippen molar-refractivity contribution in [3.05, 3.63) is 18.2 Å². The van der Waals surface area contributed by atoms with Crippen molar-refractivity contribution in [3.8, 4) is 0 Å². The van der Waals surface area contributed by atoms with Gasteiger partial charge in [-0.1, -0.05) is 6.07 Å². The van der Waals surface area contributed by atoms with Crippen molar-refractivity contribution >= 4 is 22.8 Å². The predicted octanol–water partition coefficient (Wildman–Crippen LogP) is 1.37. The van der Waals surface area contributed by atoms with Crippen LogP contribution in [0.1, 0.15) is 13.3 Å². The van der Waals surface area contributed by atoms with E-state index in [4.69, 9.17) is 10.2 Å². The van der Waals surface area contributed by atoms with Gasteiger partial charge in [0.1, 0.15) is 5.52 Å². The SMILES string of the molecule is CC1(O)CCN(c2nc3c(N)cccc3o2)C1. The standard InChI is InChI=1S/C12H15N3O2/c1-12(16)5-6-15(7-12)11-14-10-8(13)3-2-4-9(10)17-11/h2-4,16H,5-7,13H2,1H3. The lowest BCUT2D eigenvalue weighted by molar-refractivity contribution is 0.0836. The van der Waals surface area contributed by atoms with Gasteiger partial charge in [-0.25, -0.2) is 0 Å². The number of aliphatic hydroxyl groups is 1. The lowest BCUT2D eigenvalue weighted by Crippen LogP contribution is -2.29. The summed E-state index contributed by atoms with van der Waals surface area (Å²) in [7, 11) is 0. The van der Waals surface area contributed by atoms with Crippen molar-refractivity contribution in [2.75, 3.05) is 23.7 Å². The Kier molecular flexibility index (Phi) is 2.06. The zero-order valence-corrected chi connectivity index (χ0v) is 9.68. The molecule has 2 heterocycles. The normalized spacial score (nSPS) is 24.7. The topological polar surface area (TPSA) is 75.5 Å². The number of para-hydroxylation sites is 1. The Morgan fingerprint density at radius 1 is 1.53 bits per heavy atom. The van der Waals surface area contributed by atoms with E-state index < -0.39 is 5.60 Å². The van der Waals surface area contributed by atoms with Crippen LogP contribution in [0.2, 0.25) is 0 Å². The van der Waals surface area contributed by atoms with E-state index >= 15 is 0 Å². The van der Waals surface area contributed by atoms with Crippen LogP contribution in [0.4, 0.5) is 11.7 Å². The quantitative estimate of drug-likeness (QED) is 0.727. The predicted molar refractivity (Wildman–Crippen MR) is 65.9 cm³/mol. The molecule has 0 spiro atoms. The average Bonchev–Trinajstić information content (AvgIpc) is 2.82. The molecule has 1 aromatic carbocycles. The lowest BCUT2D eigenvalue weighted by Gasteiger charge is -2.16. The van der Waals surface area contributed by atoms with Crippen LogP contribution in [0, 0.1) is 0 Å². The molecule has 1 aliphatic heterocycles. The highest BCUT2D eigenvalue weighted by molar-refractivity contribution is 5.86. The van der Waals surface area contributed by atoms with Crippen LogP contribution in [-0.2, 0) is 0 Å². The van der Waals surface area contributed by atoms with Gasteiger partial charge in [-0.2, -0.15) is 4.98 Å². The fourth-order valence-electron chi connectivity index (χ4n) is 2.20. The van der Waals surface area contributed by atoms with Crippen LogP contribution in [-0.4, -0.2) is 28.8 Å². The molecule has 1 aliphatic rings. The molecule has 1 unspecified atom stereocenters. The Morgan fingerprint density at radius 2 is 2.35 bits per heavy atom. The number of nitrogens with zero attached hydrogens (tertiary/aromatic N) is 2. The Bertz CT molecular complexity index is 562. The number of hydrogen-bond donors (Lipinski definition) is 2. The number of nitrogens with two attached hydrogens (primary N) is 1. The molecule has 2 aromatic rings. The lowest BCUT2D eigenvalue weighted by atomic mass is 10.1. The van der Waals surface area contributed by atoms with E-state index in [0.717, 1.165) is 13.0 Å². The Morgan fingerprint density at radius 3 is 3.00 bits per heavy atom. The third-order valence-electron chi connectivity index (χ3n) is 3.16. The summed E-state index contributed by atoms with van der Waals surface area (Å²) >= 11 is 0. The van der Waals surface area contributed by atoms with E-state index in [9.17, 15) is 5.11 Å². The monoisotopic (exact) mass is 233 g/mol. The molecule has 3 N–H and O–H groups in total. The van der Waals surface area contributed by atoms with Gasteiger partial charge < -0.3 is 20.2 Å². The summed E-state index contributed by atoms with van der Waals surface area (Å²) < 4.78 is 5.65. The first kappa shape index (κ1) is 10.4. The fourth-order valence-corrected chi connectivity index (χ4v) is 2.20. The van der Waals surface area contributed by atoms with Crippen molar-refractivity contribution < 1.29 is 9.52 Å². The molecule has 0 bridgehead atoms. The van der Waals surface area contributed by atoms with Crippen LogP contribution >= 0.6 is 0 Å². The molecule has 1 fully saturated rings. The van der Waals surface area contributed by atoms with Gasteiger partial charge in [-0.05, 0) is 25.5 Å². The summed E-state index contributed by atoms with van der Waals surface area (Å²) in [4.78, 5) is 6.33. The Labute approximate surface area is 98.8 Å². The molecule has 0 amide bonds. The molecule has 5 heteroatoms. The smallest absolute Gasteiger partial charge is 0.298 e. The summed E-state index contributed by atoms with van der Waals surface area (Å²) in [5.41, 5.74) is 7.16. The van der Waals surface area contributed by atoms with Gasteiger partial charge in [0.2, 0.25) is 0 Å². The van der Waals surface area contributed by atoms with E-state index in [0.29, 0.717) is 29.3 Å². The van der Waals surface area contributed by atoms with Crippen LogP contribution in [0.25, 0.3) is 11.1 Å². The zero-order chi connectivity index (χ0) is 12.0. The van der Waals surface area contributed by atoms with Gasteiger partial charge in [0.25, 0.3) is 6.01 Å². The molecule has 0 saturated carbocycles. The van der Waals surface area contributed by atoms with E-state index in [1.165, 1.54) is 0 Å². The molecule has 90 valence electrons. The van der Waals surface area contributed by atoms with Gasteiger partial charge in [0, 0.05) is 6.54 Å². The van der Waals surface area contributed by atoms with Gasteiger partial charge in [-0.15, -0.1) is 0 Å². The number of oxazole rings is 1. The summed E-state index contributed by atoms with van der Waals surface area (Å²) in [6, 6.07) is 6.02. The number of aromatic nitrogens is 1. The van der Waals surface area contributed by atoms with Gasteiger partial charge in [-0.3, -0.25) is 0 Å². The van der Waals surface area contributed by atoms with Crippen molar-refractivity contribution in [1.29, 1.82) is 0 Å². The molecular weight excluding hydrogens is 218 g/mol. The number of rotatable bonds is 1. The number of nitrogen functional groups attached to an aromatic ring is 1. The molecule has 0 aliphatic carbocycles. The van der Waals surface area contributed by atoms with Crippen LogP contribution in [0.15, 0.2) is 22.6 Å². The Balaban J connectivity index is 1.99. The maximum atomic E-state index is 9.92. The highest BCUT2D eigenvalue weighted by atomic mass is 16.4. The van der Waals surface area contributed by atoms with E-state index in [1.807, 2.05) is 24.0 Å². The minimum absolute atomic E-state index is 0.538. The fraction of sp³-hybridized carbons (Fsp3) is 0.417. The van der Waals surface area contributed by atoms with Crippen LogP contribution < -0.4 is 10.6 Å². The molecule has 1 atom stereocenters. The number of hydrogen-bond acceptors (Lipinski definition) is 5. The maximum absolute atomic E-state index is 9.92.